The number of anilines is 1. The van der Waals surface area contributed by atoms with Crippen molar-refractivity contribution >= 4 is 17.6 Å². The van der Waals surface area contributed by atoms with Crippen LogP contribution in [0.4, 0.5) is 10.5 Å². The van der Waals surface area contributed by atoms with Crippen LogP contribution in [0.1, 0.15) is 28.8 Å². The highest BCUT2D eigenvalue weighted by molar-refractivity contribution is 5.94. The number of nitrogens with one attached hydrogen (secondary N) is 2. The second-order valence-corrected chi connectivity index (χ2v) is 6.20. The zero-order valence-electron chi connectivity index (χ0n) is 14.8. The average molecular weight is 353 g/mol. The minimum Gasteiger partial charge on any atom is -0.495 e. The second kappa shape index (κ2) is 8.38. The lowest BCUT2D eigenvalue weighted by Gasteiger charge is -2.15. The molecule has 26 heavy (non-hydrogen) atoms. The summed E-state index contributed by atoms with van der Waals surface area (Å²) in [5, 5.41) is 5.56. The monoisotopic (exact) mass is 353 g/mol. The van der Waals surface area contributed by atoms with Gasteiger partial charge in [0.05, 0.1) is 12.8 Å². The van der Waals surface area contributed by atoms with Crippen LogP contribution in [0.3, 0.4) is 0 Å². The molecular formula is C20H23N3O3. The molecule has 0 radical (unpaired) electrons. The van der Waals surface area contributed by atoms with E-state index in [1.54, 1.807) is 19.2 Å². The van der Waals surface area contributed by atoms with Crippen molar-refractivity contribution in [2.24, 2.45) is 0 Å². The Hall–Kier alpha value is -3.02. The SMILES string of the molecule is COc1ccccc1NC(=O)NCc1ccc(C(=O)N2CCCC2)cc1. The number of benzene rings is 2. The van der Waals surface area contributed by atoms with Gasteiger partial charge in [-0.25, -0.2) is 4.79 Å². The molecule has 2 aromatic carbocycles. The third-order valence-corrected chi connectivity index (χ3v) is 4.40. The number of carbonyl (C=O) groups excluding carboxylic acids is 2. The molecule has 1 aliphatic rings. The highest BCUT2D eigenvalue weighted by Gasteiger charge is 2.19. The van der Waals surface area contributed by atoms with Gasteiger partial charge in [0.15, 0.2) is 0 Å². The molecule has 0 aromatic heterocycles. The number of hydrogen-bond acceptors (Lipinski definition) is 3. The molecule has 1 saturated heterocycles. The maximum atomic E-state index is 12.3. The number of hydrogen-bond donors (Lipinski definition) is 2. The number of nitrogens with zero attached hydrogens (tertiary/aromatic N) is 1. The maximum Gasteiger partial charge on any atom is 0.319 e. The quantitative estimate of drug-likeness (QED) is 0.867. The third-order valence-electron chi connectivity index (χ3n) is 4.40. The summed E-state index contributed by atoms with van der Waals surface area (Å²) < 4.78 is 5.21. The summed E-state index contributed by atoms with van der Waals surface area (Å²) >= 11 is 0. The molecule has 0 bridgehead atoms. The fourth-order valence-corrected chi connectivity index (χ4v) is 2.96. The first kappa shape index (κ1) is 17.8. The molecule has 2 aromatic rings. The van der Waals surface area contributed by atoms with Gasteiger partial charge in [0.1, 0.15) is 5.75 Å². The van der Waals surface area contributed by atoms with E-state index in [1.807, 2.05) is 41.3 Å². The van der Waals surface area contributed by atoms with Crippen LogP contribution in [-0.4, -0.2) is 37.0 Å². The summed E-state index contributed by atoms with van der Waals surface area (Å²) in [6.07, 6.45) is 2.16. The number of carbonyl (C=O) groups is 2. The lowest BCUT2D eigenvalue weighted by Crippen LogP contribution is -2.29. The zero-order valence-corrected chi connectivity index (χ0v) is 14.8. The van der Waals surface area contributed by atoms with Crippen molar-refractivity contribution in [2.45, 2.75) is 19.4 Å². The van der Waals surface area contributed by atoms with Gasteiger partial charge in [-0.3, -0.25) is 4.79 Å². The van der Waals surface area contributed by atoms with E-state index in [9.17, 15) is 9.59 Å². The van der Waals surface area contributed by atoms with Crippen molar-refractivity contribution in [3.05, 3.63) is 59.7 Å². The Morgan fingerprint density at radius 1 is 1.04 bits per heavy atom. The van der Waals surface area contributed by atoms with Gasteiger partial charge >= 0.3 is 6.03 Å². The van der Waals surface area contributed by atoms with E-state index in [2.05, 4.69) is 10.6 Å². The number of para-hydroxylation sites is 2. The summed E-state index contributed by atoms with van der Waals surface area (Å²) in [6, 6.07) is 14.3. The Balaban J connectivity index is 1.53. The maximum absolute atomic E-state index is 12.3. The van der Waals surface area contributed by atoms with Crippen LogP contribution in [0.5, 0.6) is 5.75 Å². The molecule has 3 rings (SSSR count). The highest BCUT2D eigenvalue weighted by Crippen LogP contribution is 2.22. The predicted octanol–water partition coefficient (Wildman–Crippen LogP) is 3.25. The molecule has 0 unspecified atom stereocenters. The first-order valence-electron chi connectivity index (χ1n) is 8.73. The Kier molecular flexibility index (Phi) is 5.73. The van der Waals surface area contributed by atoms with E-state index in [1.165, 1.54) is 0 Å². The molecule has 1 fully saturated rings. The minimum atomic E-state index is -0.313. The van der Waals surface area contributed by atoms with Crippen LogP contribution in [-0.2, 0) is 6.54 Å². The zero-order chi connectivity index (χ0) is 18.4. The first-order chi connectivity index (χ1) is 12.7. The molecule has 0 aliphatic carbocycles. The molecule has 136 valence electrons. The van der Waals surface area contributed by atoms with Crippen molar-refractivity contribution in [3.63, 3.8) is 0 Å². The number of urea groups is 1. The Morgan fingerprint density at radius 2 is 1.73 bits per heavy atom. The molecule has 0 atom stereocenters. The van der Waals surface area contributed by atoms with E-state index in [-0.39, 0.29) is 11.9 Å². The number of methoxy groups -OCH3 is 1. The van der Waals surface area contributed by atoms with Crippen molar-refractivity contribution < 1.29 is 14.3 Å². The summed E-state index contributed by atoms with van der Waals surface area (Å²) in [7, 11) is 1.56. The van der Waals surface area contributed by atoms with Crippen molar-refractivity contribution in [2.75, 3.05) is 25.5 Å². The van der Waals surface area contributed by atoms with Crippen molar-refractivity contribution in [3.8, 4) is 5.75 Å². The smallest absolute Gasteiger partial charge is 0.319 e. The summed E-state index contributed by atoms with van der Waals surface area (Å²) in [5.41, 5.74) is 2.23. The lowest BCUT2D eigenvalue weighted by atomic mass is 10.1. The van der Waals surface area contributed by atoms with Gasteiger partial charge in [-0.05, 0) is 42.7 Å². The van der Waals surface area contributed by atoms with Gasteiger partial charge in [0.2, 0.25) is 0 Å². The van der Waals surface area contributed by atoms with Gasteiger partial charge in [-0.15, -0.1) is 0 Å². The number of amides is 3. The van der Waals surface area contributed by atoms with E-state index >= 15 is 0 Å². The highest BCUT2D eigenvalue weighted by atomic mass is 16.5. The van der Waals surface area contributed by atoms with Crippen LogP contribution in [0, 0.1) is 0 Å². The molecule has 1 aliphatic heterocycles. The topological polar surface area (TPSA) is 70.7 Å². The van der Waals surface area contributed by atoms with E-state index in [0.717, 1.165) is 31.5 Å². The second-order valence-electron chi connectivity index (χ2n) is 6.20. The Bertz CT molecular complexity index is 768. The van der Waals surface area contributed by atoms with Gasteiger partial charge in [0, 0.05) is 25.2 Å². The third kappa shape index (κ3) is 4.33. The lowest BCUT2D eigenvalue weighted by molar-refractivity contribution is 0.0793. The summed E-state index contributed by atoms with van der Waals surface area (Å²) in [5.74, 6) is 0.684. The number of ether oxygens (including phenoxy) is 1. The van der Waals surface area contributed by atoms with Crippen molar-refractivity contribution in [1.82, 2.24) is 10.2 Å². The molecule has 1 heterocycles. The molecule has 6 heteroatoms. The van der Waals surface area contributed by atoms with Gasteiger partial charge in [-0.1, -0.05) is 24.3 Å². The summed E-state index contributed by atoms with van der Waals surface area (Å²) in [6.45, 7) is 2.05. The number of rotatable bonds is 5. The van der Waals surface area contributed by atoms with Gasteiger partial charge in [0.25, 0.3) is 5.91 Å². The normalized spacial score (nSPS) is 13.3. The molecule has 2 N–H and O–H groups in total. The minimum absolute atomic E-state index is 0.0796. The summed E-state index contributed by atoms with van der Waals surface area (Å²) in [4.78, 5) is 26.3. The molecule has 3 amide bonds. The van der Waals surface area contributed by atoms with Gasteiger partial charge in [-0.2, -0.15) is 0 Å². The van der Waals surface area contributed by atoms with Crippen LogP contribution in [0.2, 0.25) is 0 Å². The Labute approximate surface area is 153 Å². The van der Waals surface area contributed by atoms with E-state index in [4.69, 9.17) is 4.74 Å². The van der Waals surface area contributed by atoms with E-state index in [0.29, 0.717) is 23.5 Å². The van der Waals surface area contributed by atoms with Crippen LogP contribution < -0.4 is 15.4 Å². The molecule has 0 spiro atoms. The van der Waals surface area contributed by atoms with Crippen LogP contribution in [0.25, 0.3) is 0 Å². The largest absolute Gasteiger partial charge is 0.495 e. The first-order valence-corrected chi connectivity index (χ1v) is 8.73. The average Bonchev–Trinajstić information content (AvgIpc) is 3.21. The fourth-order valence-electron chi connectivity index (χ4n) is 2.96. The molecule has 6 nitrogen and oxygen atoms in total. The van der Waals surface area contributed by atoms with E-state index < -0.39 is 0 Å². The van der Waals surface area contributed by atoms with Crippen LogP contribution in [0.15, 0.2) is 48.5 Å². The fraction of sp³-hybridized carbons (Fsp3) is 0.300. The van der Waals surface area contributed by atoms with Gasteiger partial charge < -0.3 is 20.3 Å². The number of likely N-dealkylation sites (tertiary alicyclic amines) is 1. The molecular weight excluding hydrogens is 330 g/mol. The standard InChI is InChI=1S/C20H23N3O3/c1-26-18-7-3-2-6-17(18)22-20(25)21-14-15-8-10-16(11-9-15)19(24)23-12-4-5-13-23/h2-3,6-11H,4-5,12-14H2,1H3,(H2,21,22,25). The van der Waals surface area contributed by atoms with Crippen LogP contribution >= 0.6 is 0 Å². The predicted molar refractivity (Wildman–Crippen MR) is 100 cm³/mol. The molecule has 0 saturated carbocycles. The Morgan fingerprint density at radius 3 is 2.42 bits per heavy atom. The van der Waals surface area contributed by atoms with Crippen molar-refractivity contribution in [1.29, 1.82) is 0 Å².